The van der Waals surface area contributed by atoms with Crippen LogP contribution in [0, 0.1) is 5.82 Å². The second kappa shape index (κ2) is 10.8. The molecule has 36 heavy (non-hydrogen) atoms. The fourth-order valence-corrected chi connectivity index (χ4v) is 4.10. The van der Waals surface area contributed by atoms with Gasteiger partial charge < -0.3 is 10.1 Å². The number of nitrogens with zero attached hydrogens (tertiary/aromatic N) is 1. The smallest absolute Gasteiger partial charge is 0.416 e. The lowest BCUT2D eigenvalue weighted by atomic mass is 10.2. The molecule has 3 N–H and O–H groups in total. The van der Waals surface area contributed by atoms with Crippen molar-refractivity contribution in [3.63, 3.8) is 0 Å². The van der Waals surface area contributed by atoms with E-state index in [1.54, 1.807) is 0 Å². The van der Waals surface area contributed by atoms with Crippen LogP contribution < -0.4 is 19.8 Å². The average Bonchev–Trinajstić information content (AvgIpc) is 2.81. The Morgan fingerprint density at radius 3 is 2.11 bits per heavy atom. The summed E-state index contributed by atoms with van der Waals surface area (Å²) in [6, 6.07) is 13.4. The first-order valence-electron chi connectivity index (χ1n) is 10.3. The lowest BCUT2D eigenvalue weighted by Crippen LogP contribution is -2.48. The van der Waals surface area contributed by atoms with Crippen molar-refractivity contribution in [1.29, 1.82) is 0 Å². The number of hydrogen-bond donors (Lipinski definition) is 3. The van der Waals surface area contributed by atoms with Crippen LogP contribution in [0.2, 0.25) is 0 Å². The Morgan fingerprint density at radius 2 is 1.61 bits per heavy atom. The quantitative estimate of drug-likeness (QED) is 0.217. The van der Waals surface area contributed by atoms with E-state index in [1.807, 2.05) is 0 Å². The Morgan fingerprint density at radius 1 is 1.03 bits per heavy atom. The van der Waals surface area contributed by atoms with Crippen molar-refractivity contribution >= 4 is 27.3 Å². The Balaban J connectivity index is 1.80. The summed E-state index contributed by atoms with van der Waals surface area (Å²) < 4.78 is 83.1. The zero-order valence-corrected chi connectivity index (χ0v) is 19.5. The van der Waals surface area contributed by atoms with Gasteiger partial charge in [0.15, 0.2) is 0 Å². The number of sulfonamides is 1. The summed E-state index contributed by atoms with van der Waals surface area (Å²) in [5.74, 6) is -1.20. The van der Waals surface area contributed by atoms with Gasteiger partial charge in [-0.15, -0.1) is 0 Å². The SMILES string of the molecule is CS(=O)(=O)N(CC(Nc1cccc(F)c1)C(=O)NO)c1ccc(Oc2ccc(C(F)(F)F)cc2)cc1. The highest BCUT2D eigenvalue weighted by atomic mass is 32.2. The van der Waals surface area contributed by atoms with Crippen molar-refractivity contribution in [3.05, 3.63) is 84.2 Å². The monoisotopic (exact) mass is 527 g/mol. The molecule has 192 valence electrons. The molecule has 0 spiro atoms. The minimum Gasteiger partial charge on any atom is -0.457 e. The van der Waals surface area contributed by atoms with Gasteiger partial charge in [0.25, 0.3) is 5.91 Å². The van der Waals surface area contributed by atoms with Crippen LogP contribution in [0.15, 0.2) is 72.8 Å². The maximum Gasteiger partial charge on any atom is 0.416 e. The summed E-state index contributed by atoms with van der Waals surface area (Å²) in [4.78, 5) is 12.2. The second-order valence-electron chi connectivity index (χ2n) is 7.60. The number of rotatable bonds is 9. The van der Waals surface area contributed by atoms with Crippen molar-refractivity contribution < 1.29 is 40.7 Å². The van der Waals surface area contributed by atoms with Gasteiger partial charge in [-0.1, -0.05) is 6.07 Å². The normalized spacial score (nSPS) is 12.5. The summed E-state index contributed by atoms with van der Waals surface area (Å²) in [5.41, 5.74) is 0.931. The third kappa shape index (κ3) is 7.09. The number of alkyl halides is 3. The van der Waals surface area contributed by atoms with Gasteiger partial charge in [0.05, 0.1) is 24.1 Å². The molecule has 0 saturated carbocycles. The molecule has 0 aliphatic rings. The van der Waals surface area contributed by atoms with Gasteiger partial charge in [-0.05, 0) is 66.7 Å². The van der Waals surface area contributed by atoms with Crippen LogP contribution in [-0.4, -0.2) is 38.4 Å². The number of hydrogen-bond acceptors (Lipinski definition) is 6. The fraction of sp³-hybridized carbons (Fsp3) is 0.174. The average molecular weight is 527 g/mol. The highest BCUT2D eigenvalue weighted by Gasteiger charge is 2.30. The zero-order chi connectivity index (χ0) is 26.5. The van der Waals surface area contributed by atoms with E-state index < -0.39 is 46.1 Å². The minimum atomic E-state index is -4.48. The van der Waals surface area contributed by atoms with Crippen molar-refractivity contribution in [2.75, 3.05) is 22.4 Å². The molecule has 8 nitrogen and oxygen atoms in total. The maximum absolute atomic E-state index is 13.5. The number of benzene rings is 3. The van der Waals surface area contributed by atoms with Gasteiger partial charge in [0, 0.05) is 5.69 Å². The Bertz CT molecular complexity index is 1300. The van der Waals surface area contributed by atoms with Crippen LogP contribution in [0.4, 0.5) is 28.9 Å². The van der Waals surface area contributed by atoms with Crippen LogP contribution in [0.3, 0.4) is 0 Å². The van der Waals surface area contributed by atoms with Crippen LogP contribution in [0.1, 0.15) is 5.56 Å². The molecule has 0 radical (unpaired) electrons. The minimum absolute atomic E-state index is 0.133. The van der Waals surface area contributed by atoms with Crippen molar-refractivity contribution in [2.45, 2.75) is 12.2 Å². The topological polar surface area (TPSA) is 108 Å². The summed E-state index contributed by atoms with van der Waals surface area (Å²) in [6.07, 6.45) is -3.57. The number of anilines is 2. The first-order valence-corrected chi connectivity index (χ1v) is 12.1. The van der Waals surface area contributed by atoms with Gasteiger partial charge in [0.2, 0.25) is 10.0 Å². The highest BCUT2D eigenvalue weighted by molar-refractivity contribution is 7.92. The van der Waals surface area contributed by atoms with E-state index in [1.165, 1.54) is 47.9 Å². The Labute approximate surface area is 204 Å². The maximum atomic E-state index is 13.5. The zero-order valence-electron chi connectivity index (χ0n) is 18.7. The molecule has 1 unspecified atom stereocenters. The molecule has 0 aromatic heterocycles. The largest absolute Gasteiger partial charge is 0.457 e. The molecule has 0 fully saturated rings. The molecule has 3 aromatic carbocycles. The summed E-state index contributed by atoms with van der Waals surface area (Å²) >= 11 is 0. The standard InChI is InChI=1S/C23H21F4N3O5S/c1-36(33,34)30(14-21(22(31)29-32)28-17-4-2-3-16(24)13-17)18-7-11-20(12-8-18)35-19-9-5-15(6-10-19)23(25,26)27/h2-13,21,28,32H,14H2,1H3,(H,29,31). The van der Waals surface area contributed by atoms with E-state index >= 15 is 0 Å². The van der Waals surface area contributed by atoms with E-state index in [4.69, 9.17) is 9.94 Å². The number of ether oxygens (including phenoxy) is 1. The van der Waals surface area contributed by atoms with Gasteiger partial charge in [-0.2, -0.15) is 13.2 Å². The lowest BCUT2D eigenvalue weighted by Gasteiger charge is -2.27. The van der Waals surface area contributed by atoms with E-state index in [9.17, 15) is 30.8 Å². The van der Waals surface area contributed by atoms with Crippen molar-refractivity contribution in [3.8, 4) is 11.5 Å². The number of nitrogens with one attached hydrogen (secondary N) is 2. The molecule has 1 amide bonds. The predicted octanol–water partition coefficient (Wildman–Crippen LogP) is 4.39. The van der Waals surface area contributed by atoms with Crippen LogP contribution in [0.25, 0.3) is 0 Å². The molecule has 3 rings (SSSR count). The summed E-state index contributed by atoms with van der Waals surface area (Å²) in [6.45, 7) is -0.471. The molecule has 0 aliphatic heterocycles. The van der Waals surface area contributed by atoms with Crippen LogP contribution in [-0.2, 0) is 21.0 Å². The van der Waals surface area contributed by atoms with Crippen molar-refractivity contribution in [1.82, 2.24) is 5.48 Å². The predicted molar refractivity (Wildman–Crippen MR) is 124 cm³/mol. The molecule has 0 saturated heterocycles. The van der Waals surface area contributed by atoms with E-state index in [0.29, 0.717) is 0 Å². The number of amides is 1. The van der Waals surface area contributed by atoms with Gasteiger partial charge in [-0.25, -0.2) is 18.3 Å². The van der Waals surface area contributed by atoms with Crippen LogP contribution >= 0.6 is 0 Å². The fourth-order valence-electron chi connectivity index (χ4n) is 3.18. The molecule has 0 heterocycles. The molecular weight excluding hydrogens is 506 g/mol. The Kier molecular flexibility index (Phi) is 8.05. The van der Waals surface area contributed by atoms with Gasteiger partial charge >= 0.3 is 6.18 Å². The Hall–Kier alpha value is -3.84. The molecule has 1 atom stereocenters. The summed E-state index contributed by atoms with van der Waals surface area (Å²) in [7, 11) is -3.94. The number of hydroxylamine groups is 1. The van der Waals surface area contributed by atoms with Gasteiger partial charge in [0.1, 0.15) is 23.4 Å². The second-order valence-corrected chi connectivity index (χ2v) is 9.50. The molecule has 0 bridgehead atoms. The van der Waals surface area contributed by atoms with Gasteiger partial charge in [-0.3, -0.25) is 14.3 Å². The first-order chi connectivity index (χ1) is 16.9. The van der Waals surface area contributed by atoms with Crippen LogP contribution in [0.5, 0.6) is 11.5 Å². The molecular formula is C23H21F4N3O5S. The third-order valence-corrected chi connectivity index (χ3v) is 6.04. The lowest BCUT2D eigenvalue weighted by molar-refractivity contribution is -0.137. The third-order valence-electron chi connectivity index (χ3n) is 4.88. The van der Waals surface area contributed by atoms with E-state index in [0.717, 1.165) is 40.9 Å². The van der Waals surface area contributed by atoms with E-state index in [2.05, 4.69) is 5.32 Å². The van der Waals surface area contributed by atoms with E-state index in [-0.39, 0.29) is 22.9 Å². The molecule has 3 aromatic rings. The molecule has 13 heteroatoms. The van der Waals surface area contributed by atoms with Crippen molar-refractivity contribution in [2.24, 2.45) is 0 Å². The highest BCUT2D eigenvalue weighted by Crippen LogP contribution is 2.32. The summed E-state index contributed by atoms with van der Waals surface area (Å²) in [5, 5.41) is 11.8. The first kappa shape index (κ1) is 26.8. The number of carbonyl (C=O) groups excluding carboxylic acids is 1. The number of carbonyl (C=O) groups is 1. The molecule has 0 aliphatic carbocycles. The number of halogens is 4.